The molecule has 0 radical (unpaired) electrons. The summed E-state index contributed by atoms with van der Waals surface area (Å²) in [6.45, 7) is 5.29. The highest BCUT2D eigenvalue weighted by molar-refractivity contribution is 7.89. The maximum atomic E-state index is 13.2. The van der Waals surface area contributed by atoms with Crippen LogP contribution in [0.4, 0.5) is 5.00 Å². The molecule has 1 saturated heterocycles. The Labute approximate surface area is 207 Å². The fourth-order valence-corrected chi connectivity index (χ4v) is 6.54. The highest BCUT2D eigenvalue weighted by Gasteiger charge is 2.40. The second kappa shape index (κ2) is 10.9. The van der Waals surface area contributed by atoms with E-state index in [9.17, 15) is 22.8 Å². The number of ether oxygens (including phenoxy) is 2. The van der Waals surface area contributed by atoms with E-state index in [2.05, 4.69) is 5.32 Å². The van der Waals surface area contributed by atoms with Crippen molar-refractivity contribution in [2.75, 3.05) is 25.1 Å². The van der Waals surface area contributed by atoms with Crippen LogP contribution in [0, 0.1) is 6.92 Å². The largest absolute Gasteiger partial charge is 0.462 e. The van der Waals surface area contributed by atoms with Gasteiger partial charge in [0.1, 0.15) is 15.9 Å². The average molecular weight is 529 g/mol. The summed E-state index contributed by atoms with van der Waals surface area (Å²) in [6.07, 6.45) is 0.801. The lowest BCUT2D eigenvalue weighted by Crippen LogP contribution is -2.43. The van der Waals surface area contributed by atoms with Crippen molar-refractivity contribution in [3.05, 3.63) is 45.3 Å². The number of halogens is 1. The van der Waals surface area contributed by atoms with Gasteiger partial charge in [-0.15, -0.1) is 11.3 Å². The van der Waals surface area contributed by atoms with Gasteiger partial charge in [0.2, 0.25) is 15.9 Å². The molecular weight excluding hydrogens is 504 g/mol. The molecule has 1 atom stereocenters. The average Bonchev–Trinajstić information content (AvgIpc) is 3.40. The molecule has 1 unspecified atom stereocenters. The minimum absolute atomic E-state index is 0.0281. The van der Waals surface area contributed by atoms with Gasteiger partial charge in [0.15, 0.2) is 0 Å². The van der Waals surface area contributed by atoms with Crippen molar-refractivity contribution >= 4 is 55.8 Å². The van der Waals surface area contributed by atoms with E-state index in [1.807, 2.05) is 0 Å². The Balaban J connectivity index is 1.92. The summed E-state index contributed by atoms with van der Waals surface area (Å²) >= 11 is 6.76. The molecule has 1 N–H and O–H groups in total. The van der Waals surface area contributed by atoms with Gasteiger partial charge in [-0.25, -0.2) is 18.0 Å². The Morgan fingerprint density at radius 1 is 1.12 bits per heavy atom. The molecule has 0 bridgehead atoms. The summed E-state index contributed by atoms with van der Waals surface area (Å²) in [7, 11) is -3.95. The number of carbonyl (C=O) groups is 3. The van der Waals surface area contributed by atoms with Crippen molar-refractivity contribution in [1.82, 2.24) is 4.31 Å². The molecule has 1 aromatic heterocycles. The van der Waals surface area contributed by atoms with Crippen molar-refractivity contribution in [3.8, 4) is 0 Å². The highest BCUT2D eigenvalue weighted by atomic mass is 35.5. The van der Waals surface area contributed by atoms with E-state index in [1.54, 1.807) is 20.8 Å². The first-order valence-corrected chi connectivity index (χ1v) is 13.3. The molecule has 12 heteroatoms. The lowest BCUT2D eigenvalue weighted by Gasteiger charge is -2.23. The maximum Gasteiger partial charge on any atom is 0.348 e. The SMILES string of the molecule is CCOC(=O)c1sc(NC(=O)C2CCCN2S(=O)(=O)c2ccc(Cl)cc2)c(C(=O)OCC)c1C. The summed E-state index contributed by atoms with van der Waals surface area (Å²) in [5.74, 6) is -1.92. The summed E-state index contributed by atoms with van der Waals surface area (Å²) in [5.41, 5.74) is 0.377. The predicted molar refractivity (Wildman–Crippen MR) is 128 cm³/mol. The lowest BCUT2D eigenvalue weighted by molar-refractivity contribution is -0.119. The van der Waals surface area contributed by atoms with Crippen molar-refractivity contribution < 1.29 is 32.3 Å². The minimum atomic E-state index is -3.95. The van der Waals surface area contributed by atoms with Crippen LogP contribution in [0.1, 0.15) is 52.3 Å². The number of nitrogens with one attached hydrogen (secondary N) is 1. The van der Waals surface area contributed by atoms with E-state index in [0.717, 1.165) is 15.6 Å². The molecule has 0 aliphatic carbocycles. The van der Waals surface area contributed by atoms with Gasteiger partial charge in [-0.1, -0.05) is 11.6 Å². The van der Waals surface area contributed by atoms with Gasteiger partial charge in [0.05, 0.1) is 23.7 Å². The predicted octanol–water partition coefficient (Wildman–Crippen LogP) is 3.86. The highest BCUT2D eigenvalue weighted by Crippen LogP contribution is 2.35. The van der Waals surface area contributed by atoms with Crippen LogP contribution in [-0.2, 0) is 24.3 Å². The van der Waals surface area contributed by atoms with Gasteiger partial charge in [-0.3, -0.25) is 4.79 Å². The van der Waals surface area contributed by atoms with Gasteiger partial charge in [0, 0.05) is 11.6 Å². The maximum absolute atomic E-state index is 13.2. The molecule has 184 valence electrons. The molecule has 9 nitrogen and oxygen atoms in total. The third-order valence-electron chi connectivity index (χ3n) is 5.25. The number of hydrogen-bond donors (Lipinski definition) is 1. The standard InChI is InChI=1S/C22H25ClN2O7S2/c1-4-31-21(27)17-13(3)18(22(28)32-5-2)33-20(17)24-19(26)16-7-6-12-25(16)34(29,30)15-10-8-14(23)9-11-15/h8-11,16H,4-7,12H2,1-3H3,(H,24,26). The summed E-state index contributed by atoms with van der Waals surface area (Å²) in [6, 6.07) is 4.73. The Kier molecular flexibility index (Phi) is 8.34. The number of hydrogen-bond acceptors (Lipinski definition) is 8. The van der Waals surface area contributed by atoms with Gasteiger partial charge in [0.25, 0.3) is 0 Å². The van der Waals surface area contributed by atoms with Crippen LogP contribution in [0.2, 0.25) is 5.02 Å². The van der Waals surface area contributed by atoms with Crippen LogP contribution in [0.5, 0.6) is 0 Å². The monoisotopic (exact) mass is 528 g/mol. The molecule has 34 heavy (non-hydrogen) atoms. The first-order chi connectivity index (χ1) is 16.1. The molecule has 1 aliphatic heterocycles. The van der Waals surface area contributed by atoms with E-state index < -0.39 is 33.9 Å². The van der Waals surface area contributed by atoms with E-state index >= 15 is 0 Å². The molecule has 1 aliphatic rings. The van der Waals surface area contributed by atoms with Crippen LogP contribution >= 0.6 is 22.9 Å². The van der Waals surface area contributed by atoms with E-state index in [4.69, 9.17) is 21.1 Å². The second-order valence-corrected chi connectivity index (χ2v) is 10.8. The van der Waals surface area contributed by atoms with Crippen LogP contribution < -0.4 is 5.32 Å². The fraction of sp³-hybridized carbons (Fsp3) is 0.409. The molecule has 1 amide bonds. The third kappa shape index (κ3) is 5.27. The number of amides is 1. The summed E-state index contributed by atoms with van der Waals surface area (Å²) in [5, 5.41) is 3.16. The lowest BCUT2D eigenvalue weighted by atomic mass is 10.1. The molecule has 3 rings (SSSR count). The van der Waals surface area contributed by atoms with Crippen LogP contribution in [-0.4, -0.2) is 56.4 Å². The van der Waals surface area contributed by atoms with Crippen LogP contribution in [0.25, 0.3) is 0 Å². The number of rotatable bonds is 8. The van der Waals surface area contributed by atoms with Crippen LogP contribution in [0.15, 0.2) is 29.2 Å². The first-order valence-electron chi connectivity index (χ1n) is 10.7. The number of anilines is 1. The van der Waals surface area contributed by atoms with E-state index in [-0.39, 0.29) is 40.1 Å². The Bertz CT molecular complexity index is 1190. The Hall–Kier alpha value is -2.47. The zero-order valence-corrected chi connectivity index (χ0v) is 21.3. The Morgan fingerprint density at radius 2 is 1.74 bits per heavy atom. The van der Waals surface area contributed by atoms with E-state index in [0.29, 0.717) is 23.4 Å². The third-order valence-corrected chi connectivity index (χ3v) is 8.61. The van der Waals surface area contributed by atoms with Crippen molar-refractivity contribution in [2.45, 2.75) is 44.6 Å². The van der Waals surface area contributed by atoms with Crippen LogP contribution in [0.3, 0.4) is 0 Å². The molecule has 2 heterocycles. The quantitative estimate of drug-likeness (QED) is 0.517. The van der Waals surface area contributed by atoms with Gasteiger partial charge < -0.3 is 14.8 Å². The van der Waals surface area contributed by atoms with E-state index in [1.165, 1.54) is 24.3 Å². The van der Waals surface area contributed by atoms with Crippen molar-refractivity contribution in [2.24, 2.45) is 0 Å². The second-order valence-electron chi connectivity index (χ2n) is 7.42. The number of benzene rings is 1. The minimum Gasteiger partial charge on any atom is -0.462 e. The molecule has 0 saturated carbocycles. The summed E-state index contributed by atoms with van der Waals surface area (Å²) in [4.78, 5) is 38.3. The number of thiophene rings is 1. The number of nitrogens with zero attached hydrogens (tertiary/aromatic N) is 1. The van der Waals surface area contributed by atoms with Gasteiger partial charge in [-0.2, -0.15) is 4.31 Å². The molecule has 1 fully saturated rings. The topological polar surface area (TPSA) is 119 Å². The molecule has 0 spiro atoms. The first kappa shape index (κ1) is 26.1. The Morgan fingerprint density at radius 3 is 2.35 bits per heavy atom. The number of esters is 2. The molecule has 1 aromatic carbocycles. The molecule has 2 aromatic rings. The molecular formula is C22H25ClN2O7S2. The van der Waals surface area contributed by atoms with Crippen molar-refractivity contribution in [3.63, 3.8) is 0 Å². The van der Waals surface area contributed by atoms with Gasteiger partial charge in [-0.05, 0) is 63.4 Å². The van der Waals surface area contributed by atoms with Crippen molar-refractivity contribution in [1.29, 1.82) is 0 Å². The fourth-order valence-electron chi connectivity index (χ4n) is 3.67. The smallest absolute Gasteiger partial charge is 0.348 e. The van der Waals surface area contributed by atoms with Gasteiger partial charge >= 0.3 is 11.9 Å². The number of carbonyl (C=O) groups excluding carboxylic acids is 3. The zero-order chi connectivity index (χ0) is 25.0. The summed E-state index contributed by atoms with van der Waals surface area (Å²) < 4.78 is 37.6. The normalized spacial score (nSPS) is 16.3. The number of sulfonamides is 1. The zero-order valence-electron chi connectivity index (χ0n) is 18.9.